The molecule has 1 fully saturated rings. The van der Waals surface area contributed by atoms with Crippen LogP contribution in [0.5, 0.6) is 0 Å². The molecule has 9 nitrogen and oxygen atoms in total. The number of amides is 1. The van der Waals surface area contributed by atoms with Crippen molar-refractivity contribution in [3.05, 3.63) is 55.7 Å². The third-order valence-corrected chi connectivity index (χ3v) is 5.66. The molecule has 1 aromatic carbocycles. The zero-order valence-electron chi connectivity index (χ0n) is 17.7. The van der Waals surface area contributed by atoms with E-state index in [4.69, 9.17) is 0 Å². The molecule has 1 aliphatic rings. The lowest BCUT2D eigenvalue weighted by atomic mass is 10.1. The average Bonchev–Trinajstić information content (AvgIpc) is 2.73. The van der Waals surface area contributed by atoms with Crippen LogP contribution in [0.25, 0.3) is 0 Å². The Labute approximate surface area is 174 Å². The number of piperazine rings is 1. The summed E-state index contributed by atoms with van der Waals surface area (Å²) in [5.74, 6) is 0.251. The second kappa shape index (κ2) is 8.55. The Balaban J connectivity index is 1.68. The molecule has 0 radical (unpaired) electrons. The summed E-state index contributed by atoms with van der Waals surface area (Å²) in [6.07, 6.45) is 0. The Kier molecular flexibility index (Phi) is 6.08. The first kappa shape index (κ1) is 21.3. The van der Waals surface area contributed by atoms with Crippen LogP contribution in [0.2, 0.25) is 0 Å². The summed E-state index contributed by atoms with van der Waals surface area (Å²) in [6.45, 7) is 6.40. The van der Waals surface area contributed by atoms with E-state index in [9.17, 15) is 19.6 Å². The van der Waals surface area contributed by atoms with Crippen LogP contribution in [0, 0.1) is 25.2 Å². The summed E-state index contributed by atoms with van der Waals surface area (Å²) in [7, 11) is 2.92. The van der Waals surface area contributed by atoms with Crippen LogP contribution in [0.4, 0.5) is 11.5 Å². The standard InChI is InChI=1S/C21H26N6O3/c1-14-6-5-7-17(15(14)2)23-18(28)13-26-8-10-27(11-9-26)19-16(12-22)20(29)25(4)21(30)24(19)3/h5-7H,8-11,13H2,1-4H3,(H,23,28). The highest BCUT2D eigenvalue weighted by atomic mass is 16.2. The molecule has 30 heavy (non-hydrogen) atoms. The molecule has 0 bridgehead atoms. The lowest BCUT2D eigenvalue weighted by molar-refractivity contribution is -0.117. The Bertz CT molecular complexity index is 1130. The molecule has 158 valence electrons. The van der Waals surface area contributed by atoms with Crippen LogP contribution < -0.4 is 21.5 Å². The quantitative estimate of drug-likeness (QED) is 0.779. The SMILES string of the molecule is Cc1cccc(NC(=O)CN2CCN(c3c(C#N)c(=O)n(C)c(=O)n3C)CC2)c1C. The predicted octanol–water partition coefficient (Wildman–Crippen LogP) is 0.333. The van der Waals surface area contributed by atoms with Crippen molar-refractivity contribution in [2.45, 2.75) is 13.8 Å². The van der Waals surface area contributed by atoms with Crippen LogP contribution in [0.15, 0.2) is 27.8 Å². The largest absolute Gasteiger partial charge is 0.354 e. The summed E-state index contributed by atoms with van der Waals surface area (Å²) < 4.78 is 2.28. The first-order valence-corrected chi connectivity index (χ1v) is 9.78. The van der Waals surface area contributed by atoms with E-state index in [1.807, 2.05) is 47.9 Å². The molecular weight excluding hydrogens is 384 g/mol. The molecule has 1 amide bonds. The van der Waals surface area contributed by atoms with Crippen molar-refractivity contribution in [2.75, 3.05) is 42.9 Å². The minimum atomic E-state index is -0.592. The molecule has 0 saturated carbocycles. The highest BCUT2D eigenvalue weighted by molar-refractivity contribution is 5.93. The zero-order valence-corrected chi connectivity index (χ0v) is 17.7. The molecule has 1 N–H and O–H groups in total. The van der Waals surface area contributed by atoms with Gasteiger partial charge in [0.1, 0.15) is 11.9 Å². The van der Waals surface area contributed by atoms with E-state index in [1.165, 1.54) is 11.6 Å². The molecule has 0 aliphatic carbocycles. The van der Waals surface area contributed by atoms with Crippen molar-refractivity contribution < 1.29 is 4.79 Å². The first-order chi connectivity index (χ1) is 14.2. The van der Waals surface area contributed by atoms with Gasteiger partial charge in [-0.15, -0.1) is 0 Å². The van der Waals surface area contributed by atoms with Gasteiger partial charge >= 0.3 is 5.69 Å². The molecule has 0 atom stereocenters. The Morgan fingerprint density at radius 3 is 2.40 bits per heavy atom. The van der Waals surface area contributed by atoms with Gasteiger partial charge in [-0.3, -0.25) is 23.6 Å². The van der Waals surface area contributed by atoms with Gasteiger partial charge in [0.15, 0.2) is 5.56 Å². The zero-order chi connectivity index (χ0) is 22.0. The molecule has 3 rings (SSSR count). The van der Waals surface area contributed by atoms with Crippen molar-refractivity contribution in [1.82, 2.24) is 14.0 Å². The van der Waals surface area contributed by atoms with Gasteiger partial charge in [0.05, 0.1) is 6.54 Å². The minimum Gasteiger partial charge on any atom is -0.354 e. The van der Waals surface area contributed by atoms with Crippen LogP contribution in [0.1, 0.15) is 16.7 Å². The van der Waals surface area contributed by atoms with E-state index >= 15 is 0 Å². The van der Waals surface area contributed by atoms with Crippen molar-refractivity contribution in [3.63, 3.8) is 0 Å². The topological polar surface area (TPSA) is 103 Å². The molecule has 1 aromatic heterocycles. The summed E-state index contributed by atoms with van der Waals surface area (Å²) >= 11 is 0. The molecule has 2 heterocycles. The second-order valence-corrected chi connectivity index (χ2v) is 7.58. The van der Waals surface area contributed by atoms with Crippen molar-refractivity contribution in [3.8, 4) is 6.07 Å². The molecule has 0 unspecified atom stereocenters. The van der Waals surface area contributed by atoms with Gasteiger partial charge in [0, 0.05) is 46.0 Å². The van der Waals surface area contributed by atoms with Gasteiger partial charge in [0.25, 0.3) is 5.56 Å². The van der Waals surface area contributed by atoms with Crippen LogP contribution >= 0.6 is 0 Å². The molecule has 0 spiro atoms. The first-order valence-electron chi connectivity index (χ1n) is 9.78. The number of benzene rings is 1. The third kappa shape index (κ3) is 4.00. The second-order valence-electron chi connectivity index (χ2n) is 7.58. The van der Waals surface area contributed by atoms with E-state index in [-0.39, 0.29) is 18.0 Å². The molecule has 1 saturated heterocycles. The number of rotatable bonds is 4. The minimum absolute atomic E-state index is 0.0410. The van der Waals surface area contributed by atoms with E-state index < -0.39 is 11.2 Å². The van der Waals surface area contributed by atoms with Crippen molar-refractivity contribution in [2.24, 2.45) is 14.1 Å². The average molecular weight is 410 g/mol. The van der Waals surface area contributed by atoms with Gasteiger partial charge in [-0.05, 0) is 31.0 Å². The van der Waals surface area contributed by atoms with Crippen LogP contribution in [0.3, 0.4) is 0 Å². The van der Waals surface area contributed by atoms with Crippen LogP contribution in [-0.2, 0) is 18.9 Å². The van der Waals surface area contributed by atoms with Gasteiger partial charge in [-0.1, -0.05) is 12.1 Å². The third-order valence-electron chi connectivity index (χ3n) is 5.66. The normalized spacial score (nSPS) is 14.4. The lowest BCUT2D eigenvalue weighted by Gasteiger charge is -2.36. The summed E-state index contributed by atoms with van der Waals surface area (Å²) in [5, 5.41) is 12.4. The van der Waals surface area contributed by atoms with Crippen molar-refractivity contribution >= 4 is 17.4 Å². The number of carbonyl (C=O) groups is 1. The maximum atomic E-state index is 12.5. The maximum absolute atomic E-state index is 12.5. The van der Waals surface area contributed by atoms with Gasteiger partial charge in [0.2, 0.25) is 5.91 Å². The number of hydrogen-bond donors (Lipinski definition) is 1. The highest BCUT2D eigenvalue weighted by Gasteiger charge is 2.25. The lowest BCUT2D eigenvalue weighted by Crippen LogP contribution is -2.51. The monoisotopic (exact) mass is 410 g/mol. The number of aryl methyl sites for hydroxylation is 1. The number of anilines is 2. The van der Waals surface area contributed by atoms with Gasteiger partial charge in [-0.2, -0.15) is 5.26 Å². The smallest absolute Gasteiger partial charge is 0.332 e. The van der Waals surface area contributed by atoms with Gasteiger partial charge in [-0.25, -0.2) is 4.79 Å². The van der Waals surface area contributed by atoms with Crippen molar-refractivity contribution in [1.29, 1.82) is 5.26 Å². The number of nitrogens with zero attached hydrogens (tertiary/aromatic N) is 5. The summed E-state index contributed by atoms with van der Waals surface area (Å²) in [4.78, 5) is 40.9. The summed E-state index contributed by atoms with van der Waals surface area (Å²) in [5.41, 5.74) is 1.88. The van der Waals surface area contributed by atoms with E-state index in [0.29, 0.717) is 32.0 Å². The Hall–Kier alpha value is -3.38. The maximum Gasteiger partial charge on any atom is 0.332 e. The number of carbonyl (C=O) groups excluding carboxylic acids is 1. The number of aromatic nitrogens is 2. The fourth-order valence-corrected chi connectivity index (χ4v) is 3.70. The highest BCUT2D eigenvalue weighted by Crippen LogP contribution is 2.19. The summed E-state index contributed by atoms with van der Waals surface area (Å²) in [6, 6.07) is 7.74. The number of hydrogen-bond acceptors (Lipinski definition) is 6. The fourth-order valence-electron chi connectivity index (χ4n) is 3.70. The number of nitrogens with one attached hydrogen (secondary N) is 1. The van der Waals surface area contributed by atoms with E-state index in [1.54, 1.807) is 7.05 Å². The van der Waals surface area contributed by atoms with E-state index in [0.717, 1.165) is 21.4 Å². The number of nitriles is 1. The predicted molar refractivity (Wildman–Crippen MR) is 115 cm³/mol. The Morgan fingerprint density at radius 1 is 1.10 bits per heavy atom. The van der Waals surface area contributed by atoms with Gasteiger partial charge < -0.3 is 10.2 Å². The molecule has 9 heteroatoms. The van der Waals surface area contributed by atoms with Crippen LogP contribution in [-0.4, -0.2) is 52.7 Å². The fraction of sp³-hybridized carbons (Fsp3) is 0.429. The van der Waals surface area contributed by atoms with E-state index in [2.05, 4.69) is 5.32 Å². The Morgan fingerprint density at radius 2 is 1.77 bits per heavy atom. The molecule has 1 aliphatic heterocycles. The molecule has 2 aromatic rings. The molecular formula is C21H26N6O3.